The molecular formula is C19H15N3OS. The topological polar surface area (TPSA) is 64.9 Å². The Hall–Kier alpha value is -3.05. The normalized spacial score (nSPS) is 10.0. The molecule has 0 fully saturated rings. The fourth-order valence-corrected chi connectivity index (χ4v) is 2.47. The quantitative estimate of drug-likeness (QED) is 0.557. The molecule has 4 nitrogen and oxygen atoms in total. The number of thiocarbonyl (C=S) groups is 1. The summed E-state index contributed by atoms with van der Waals surface area (Å²) in [6.45, 7) is 0. The number of hydrogen-bond donors (Lipinski definition) is 1. The van der Waals surface area contributed by atoms with Crippen LogP contribution < -0.4 is 5.73 Å². The first-order chi connectivity index (χ1) is 11.8. The van der Waals surface area contributed by atoms with E-state index in [0.29, 0.717) is 4.99 Å². The molecule has 0 aliphatic carbocycles. The van der Waals surface area contributed by atoms with Gasteiger partial charge in [-0.15, -0.1) is 0 Å². The monoisotopic (exact) mass is 333 g/mol. The summed E-state index contributed by atoms with van der Waals surface area (Å²) in [7, 11) is 0. The number of hydrogen-bond acceptors (Lipinski definition) is 4. The molecular weight excluding hydrogens is 318 g/mol. The van der Waals surface area contributed by atoms with Crippen molar-refractivity contribution in [1.82, 2.24) is 10.1 Å². The smallest absolute Gasteiger partial charge is 0.124 e. The lowest BCUT2D eigenvalue weighted by Crippen LogP contribution is -2.09. The number of aromatic nitrogens is 2. The Morgan fingerprint density at radius 3 is 2.46 bits per heavy atom. The molecule has 0 atom stereocenters. The van der Waals surface area contributed by atoms with Crippen LogP contribution in [0.4, 0.5) is 0 Å². The zero-order chi connectivity index (χ0) is 16.8. The molecule has 2 aromatic carbocycles. The van der Waals surface area contributed by atoms with Gasteiger partial charge in [0.25, 0.3) is 0 Å². The van der Waals surface area contributed by atoms with E-state index in [-0.39, 0.29) is 0 Å². The van der Waals surface area contributed by atoms with E-state index in [9.17, 15) is 0 Å². The molecule has 2 aromatic heterocycles. The average molecular weight is 333 g/mol. The molecule has 0 spiro atoms. The molecule has 0 bridgehead atoms. The molecule has 4 aromatic rings. The Kier molecular flexibility index (Phi) is 4.93. The molecule has 4 rings (SSSR count). The van der Waals surface area contributed by atoms with Crippen molar-refractivity contribution in [3.8, 4) is 11.3 Å². The van der Waals surface area contributed by atoms with Crippen LogP contribution in [0, 0.1) is 0 Å². The van der Waals surface area contributed by atoms with Crippen LogP contribution in [0.15, 0.2) is 83.7 Å². The summed E-state index contributed by atoms with van der Waals surface area (Å²) < 4.78 is 4.72. The van der Waals surface area contributed by atoms with Gasteiger partial charge in [0.05, 0.1) is 5.52 Å². The van der Waals surface area contributed by atoms with Gasteiger partial charge in [0.1, 0.15) is 16.9 Å². The maximum atomic E-state index is 5.58. The van der Waals surface area contributed by atoms with Crippen molar-refractivity contribution in [3.63, 3.8) is 0 Å². The van der Waals surface area contributed by atoms with Crippen molar-refractivity contribution in [3.05, 3.63) is 84.8 Å². The minimum atomic E-state index is 0.415. The highest BCUT2D eigenvalue weighted by molar-refractivity contribution is 7.80. The molecule has 2 heterocycles. The van der Waals surface area contributed by atoms with Crippen LogP contribution in [0.3, 0.4) is 0 Å². The van der Waals surface area contributed by atoms with Crippen molar-refractivity contribution >= 4 is 28.1 Å². The highest BCUT2D eigenvalue weighted by atomic mass is 32.1. The van der Waals surface area contributed by atoms with E-state index in [2.05, 4.69) is 10.1 Å². The number of pyridine rings is 1. The van der Waals surface area contributed by atoms with Gasteiger partial charge in [0.15, 0.2) is 0 Å². The van der Waals surface area contributed by atoms with Gasteiger partial charge < -0.3 is 10.3 Å². The summed E-state index contributed by atoms with van der Waals surface area (Å²) in [4.78, 5) is 4.62. The Labute approximate surface area is 144 Å². The van der Waals surface area contributed by atoms with Crippen LogP contribution in [0.5, 0.6) is 0 Å². The predicted octanol–water partition coefficient (Wildman–Crippen LogP) is 4.21. The van der Waals surface area contributed by atoms with Crippen molar-refractivity contribution in [2.75, 3.05) is 0 Å². The summed E-state index contributed by atoms with van der Waals surface area (Å²) in [6, 6.07) is 21.4. The fraction of sp³-hybridized carbons (Fsp3) is 0. The van der Waals surface area contributed by atoms with Crippen LogP contribution in [0.2, 0.25) is 0 Å². The Balaban J connectivity index is 0.000000143. The molecule has 24 heavy (non-hydrogen) atoms. The largest absolute Gasteiger partial charge is 0.389 e. The van der Waals surface area contributed by atoms with E-state index >= 15 is 0 Å². The van der Waals surface area contributed by atoms with Gasteiger partial charge in [-0.2, -0.15) is 0 Å². The van der Waals surface area contributed by atoms with E-state index in [0.717, 1.165) is 27.7 Å². The van der Waals surface area contributed by atoms with Gasteiger partial charge in [-0.3, -0.25) is 4.98 Å². The molecule has 0 saturated carbocycles. The van der Waals surface area contributed by atoms with Gasteiger partial charge in [-0.25, -0.2) is 0 Å². The molecule has 0 aliphatic rings. The van der Waals surface area contributed by atoms with Gasteiger partial charge in [0.2, 0.25) is 0 Å². The van der Waals surface area contributed by atoms with Gasteiger partial charge in [0, 0.05) is 28.8 Å². The number of rotatable bonds is 2. The van der Waals surface area contributed by atoms with E-state index < -0.39 is 0 Å². The van der Waals surface area contributed by atoms with E-state index in [4.69, 9.17) is 22.5 Å². The van der Waals surface area contributed by atoms with Crippen LogP contribution in [0.1, 0.15) is 5.56 Å². The first-order valence-electron chi connectivity index (χ1n) is 7.35. The molecule has 0 unspecified atom stereocenters. The van der Waals surface area contributed by atoms with E-state index in [1.165, 1.54) is 0 Å². The fourth-order valence-electron chi connectivity index (χ4n) is 2.29. The lowest BCUT2D eigenvalue weighted by Gasteiger charge is -2.02. The molecule has 5 heteroatoms. The Morgan fingerprint density at radius 2 is 1.75 bits per heavy atom. The third-order valence-corrected chi connectivity index (χ3v) is 3.64. The van der Waals surface area contributed by atoms with Crippen LogP contribution in [-0.2, 0) is 0 Å². The standard InChI is InChI=1S/C10H8N2S.C9H7NO/c11-10(13)8-3-1-5-9-7(8)4-2-6-12-9;1-2-4-8(5-3-1)9-6-7-11-10-9/h1-6H,(H2,11,13);1-7H. The second kappa shape index (κ2) is 7.48. The number of fused-ring (bicyclic) bond motifs is 1. The average Bonchev–Trinajstić information content (AvgIpc) is 3.17. The SMILES string of the molecule is NC(=S)c1cccc2ncccc12.c1ccc(-c2ccon2)cc1. The maximum Gasteiger partial charge on any atom is 0.124 e. The van der Waals surface area contributed by atoms with Crippen molar-refractivity contribution < 1.29 is 4.52 Å². The minimum absolute atomic E-state index is 0.415. The third-order valence-electron chi connectivity index (χ3n) is 3.42. The van der Waals surface area contributed by atoms with Crippen LogP contribution >= 0.6 is 12.2 Å². The van der Waals surface area contributed by atoms with Gasteiger partial charge in [-0.05, 0) is 12.1 Å². The van der Waals surface area contributed by atoms with Crippen molar-refractivity contribution in [1.29, 1.82) is 0 Å². The summed E-state index contributed by atoms with van der Waals surface area (Å²) >= 11 is 4.94. The van der Waals surface area contributed by atoms with Crippen LogP contribution in [0.25, 0.3) is 22.2 Å². The number of benzene rings is 2. The third kappa shape index (κ3) is 3.64. The van der Waals surface area contributed by atoms with Crippen molar-refractivity contribution in [2.24, 2.45) is 5.73 Å². The molecule has 0 aliphatic heterocycles. The Bertz CT molecular complexity index is 932. The lowest BCUT2D eigenvalue weighted by atomic mass is 10.1. The van der Waals surface area contributed by atoms with Gasteiger partial charge in [-0.1, -0.05) is 65.9 Å². The molecule has 0 radical (unpaired) electrons. The van der Waals surface area contributed by atoms with Crippen molar-refractivity contribution in [2.45, 2.75) is 0 Å². The highest BCUT2D eigenvalue weighted by Gasteiger charge is 2.02. The summed E-state index contributed by atoms with van der Waals surface area (Å²) in [5, 5.41) is 4.82. The zero-order valence-electron chi connectivity index (χ0n) is 12.8. The summed E-state index contributed by atoms with van der Waals surface area (Å²) in [5.74, 6) is 0. The number of nitrogens with two attached hydrogens (primary N) is 1. The summed E-state index contributed by atoms with van der Waals surface area (Å²) in [6.07, 6.45) is 3.33. The van der Waals surface area contributed by atoms with Crippen LogP contribution in [-0.4, -0.2) is 15.1 Å². The molecule has 2 N–H and O–H groups in total. The first kappa shape index (κ1) is 15.8. The maximum absolute atomic E-state index is 5.58. The number of nitrogens with zero attached hydrogens (tertiary/aromatic N) is 2. The molecule has 0 amide bonds. The van der Waals surface area contributed by atoms with Gasteiger partial charge >= 0.3 is 0 Å². The first-order valence-corrected chi connectivity index (χ1v) is 7.76. The zero-order valence-corrected chi connectivity index (χ0v) is 13.6. The highest BCUT2D eigenvalue weighted by Crippen LogP contribution is 2.16. The Morgan fingerprint density at radius 1 is 0.917 bits per heavy atom. The minimum Gasteiger partial charge on any atom is -0.389 e. The molecule has 0 saturated heterocycles. The molecule has 118 valence electrons. The second-order valence-corrected chi connectivity index (χ2v) is 5.43. The van der Waals surface area contributed by atoms with E-state index in [1.807, 2.05) is 66.7 Å². The second-order valence-electron chi connectivity index (χ2n) is 4.99. The summed E-state index contributed by atoms with van der Waals surface area (Å²) in [5.41, 5.74) is 9.36. The lowest BCUT2D eigenvalue weighted by molar-refractivity contribution is 0.422. The van der Waals surface area contributed by atoms with E-state index in [1.54, 1.807) is 12.5 Å². The predicted molar refractivity (Wildman–Crippen MR) is 99.6 cm³/mol.